The van der Waals surface area contributed by atoms with Crippen LogP contribution < -0.4 is 4.72 Å². The molecule has 2 aliphatic rings. The maximum absolute atomic E-state index is 13.0. The van der Waals surface area contributed by atoms with Crippen molar-refractivity contribution in [3.63, 3.8) is 0 Å². The topological polar surface area (TPSA) is 75.7 Å². The molecule has 28 heavy (non-hydrogen) atoms. The van der Waals surface area contributed by atoms with Gasteiger partial charge in [0.25, 0.3) is 0 Å². The summed E-state index contributed by atoms with van der Waals surface area (Å²) in [5, 5.41) is 1.75. The normalized spacial score (nSPS) is 27.6. The highest BCUT2D eigenvalue weighted by Crippen LogP contribution is 2.43. The fraction of sp³-hybridized carbons (Fsp3) is 0.450. The Morgan fingerprint density at radius 3 is 2.71 bits per heavy atom. The molecule has 1 aromatic carbocycles. The Balaban J connectivity index is 1.75. The SMILES string of the molecule is CCOC(=O)[C@@H]1[C@H](c2ccccc2)[C@@H](NS(=O)(=O)c2cccs2)[C@H]2CCCN21. The number of esters is 1. The van der Waals surface area contributed by atoms with Crippen LogP contribution in [0.5, 0.6) is 0 Å². The standard InChI is InChI=1S/C20H24N2O4S2/c1-2-26-20(23)19-17(14-8-4-3-5-9-14)18(15-10-6-12-22(15)19)21-28(24,25)16-11-7-13-27-16/h3-5,7-9,11,13,15,17-19,21H,2,6,10,12H2,1H3/t15-,17-,18+,19+/m1/s1. The predicted octanol–water partition coefficient (Wildman–Crippen LogP) is 2.59. The monoisotopic (exact) mass is 420 g/mol. The van der Waals surface area contributed by atoms with E-state index in [0.29, 0.717) is 10.8 Å². The molecule has 150 valence electrons. The molecule has 6 nitrogen and oxygen atoms in total. The van der Waals surface area contributed by atoms with Crippen molar-refractivity contribution in [3.05, 3.63) is 53.4 Å². The lowest BCUT2D eigenvalue weighted by Crippen LogP contribution is -2.44. The average Bonchev–Trinajstić information content (AvgIpc) is 3.41. The second-order valence-electron chi connectivity index (χ2n) is 7.16. The summed E-state index contributed by atoms with van der Waals surface area (Å²) < 4.78 is 34.6. The van der Waals surface area contributed by atoms with Gasteiger partial charge in [-0.3, -0.25) is 9.69 Å². The number of hydrogen-bond donors (Lipinski definition) is 1. The van der Waals surface area contributed by atoms with Crippen molar-refractivity contribution in [2.24, 2.45) is 0 Å². The first kappa shape index (κ1) is 19.6. The van der Waals surface area contributed by atoms with Crippen LogP contribution in [-0.2, 0) is 19.6 Å². The zero-order valence-electron chi connectivity index (χ0n) is 15.7. The number of nitrogens with one attached hydrogen (secondary N) is 1. The first-order valence-electron chi connectivity index (χ1n) is 9.56. The van der Waals surface area contributed by atoms with E-state index < -0.39 is 16.1 Å². The molecular weight excluding hydrogens is 396 g/mol. The summed E-state index contributed by atoms with van der Waals surface area (Å²) >= 11 is 1.20. The highest BCUT2D eigenvalue weighted by Gasteiger charge is 2.55. The first-order chi connectivity index (χ1) is 13.5. The van der Waals surface area contributed by atoms with Gasteiger partial charge in [-0.2, -0.15) is 0 Å². The third-order valence-corrected chi connectivity index (χ3v) is 8.46. The number of fused-ring (bicyclic) bond motifs is 1. The van der Waals surface area contributed by atoms with Crippen LogP contribution in [0.25, 0.3) is 0 Å². The third-order valence-electron chi connectivity index (χ3n) is 5.60. The van der Waals surface area contributed by atoms with E-state index in [9.17, 15) is 13.2 Å². The summed E-state index contributed by atoms with van der Waals surface area (Å²) in [6.45, 7) is 2.87. The zero-order chi connectivity index (χ0) is 19.7. The molecule has 2 aromatic rings. The fourth-order valence-corrected chi connectivity index (χ4v) is 6.87. The largest absolute Gasteiger partial charge is 0.465 e. The Kier molecular flexibility index (Phi) is 5.55. The van der Waals surface area contributed by atoms with Gasteiger partial charge < -0.3 is 4.74 Å². The summed E-state index contributed by atoms with van der Waals surface area (Å²) in [5.41, 5.74) is 0.953. The van der Waals surface area contributed by atoms with E-state index in [2.05, 4.69) is 9.62 Å². The lowest BCUT2D eigenvalue weighted by molar-refractivity contribution is -0.149. The van der Waals surface area contributed by atoms with E-state index in [4.69, 9.17) is 4.74 Å². The number of benzene rings is 1. The van der Waals surface area contributed by atoms with Gasteiger partial charge in [-0.05, 0) is 43.3 Å². The minimum absolute atomic E-state index is 0.0191. The van der Waals surface area contributed by atoms with Gasteiger partial charge in [-0.15, -0.1) is 11.3 Å². The average molecular weight is 421 g/mol. The molecule has 4 atom stereocenters. The Morgan fingerprint density at radius 2 is 2.04 bits per heavy atom. The van der Waals surface area contributed by atoms with E-state index in [1.165, 1.54) is 11.3 Å². The van der Waals surface area contributed by atoms with E-state index in [0.717, 1.165) is 24.9 Å². The number of thiophene rings is 1. The molecule has 3 heterocycles. The molecule has 0 radical (unpaired) electrons. The molecule has 2 aliphatic heterocycles. The van der Waals surface area contributed by atoms with Gasteiger partial charge in [-0.1, -0.05) is 36.4 Å². The lowest BCUT2D eigenvalue weighted by Gasteiger charge is -2.26. The Morgan fingerprint density at radius 1 is 1.25 bits per heavy atom. The second-order valence-corrected chi connectivity index (χ2v) is 10.0. The van der Waals surface area contributed by atoms with Crippen LogP contribution in [0, 0.1) is 0 Å². The zero-order valence-corrected chi connectivity index (χ0v) is 17.3. The van der Waals surface area contributed by atoms with Crippen LogP contribution in [0.15, 0.2) is 52.1 Å². The molecule has 0 saturated carbocycles. The molecule has 0 aliphatic carbocycles. The van der Waals surface area contributed by atoms with Crippen molar-refractivity contribution >= 4 is 27.3 Å². The van der Waals surface area contributed by atoms with Gasteiger partial charge in [0.05, 0.1) is 6.61 Å². The maximum atomic E-state index is 13.0. The van der Waals surface area contributed by atoms with Crippen molar-refractivity contribution < 1.29 is 17.9 Å². The Bertz CT molecular complexity index is 915. The van der Waals surface area contributed by atoms with Crippen LogP contribution in [0.4, 0.5) is 0 Å². The number of ether oxygens (including phenoxy) is 1. The van der Waals surface area contributed by atoms with Crippen molar-refractivity contribution in [3.8, 4) is 0 Å². The number of sulfonamides is 1. The Labute approximate surface area is 169 Å². The van der Waals surface area contributed by atoms with Gasteiger partial charge in [-0.25, -0.2) is 13.1 Å². The number of hydrogen-bond acceptors (Lipinski definition) is 6. The minimum Gasteiger partial charge on any atom is -0.465 e. The van der Waals surface area contributed by atoms with E-state index in [-0.39, 0.29) is 24.0 Å². The highest BCUT2D eigenvalue weighted by atomic mass is 32.2. The molecule has 1 N–H and O–H groups in total. The van der Waals surface area contributed by atoms with E-state index >= 15 is 0 Å². The molecular formula is C20H24N2O4S2. The van der Waals surface area contributed by atoms with Gasteiger partial charge in [0.1, 0.15) is 10.3 Å². The molecule has 0 amide bonds. The number of nitrogens with zero attached hydrogens (tertiary/aromatic N) is 1. The highest BCUT2D eigenvalue weighted by molar-refractivity contribution is 7.91. The van der Waals surface area contributed by atoms with Crippen LogP contribution in [0.3, 0.4) is 0 Å². The van der Waals surface area contributed by atoms with Gasteiger partial charge in [0, 0.05) is 18.0 Å². The minimum atomic E-state index is -3.65. The van der Waals surface area contributed by atoms with Gasteiger partial charge in [0.15, 0.2) is 0 Å². The summed E-state index contributed by atoms with van der Waals surface area (Å²) in [4.78, 5) is 15.0. The van der Waals surface area contributed by atoms with Gasteiger partial charge in [0.2, 0.25) is 10.0 Å². The molecule has 2 saturated heterocycles. The molecule has 2 fully saturated rings. The van der Waals surface area contributed by atoms with Crippen molar-refractivity contribution in [1.29, 1.82) is 0 Å². The maximum Gasteiger partial charge on any atom is 0.324 e. The van der Waals surface area contributed by atoms with Crippen LogP contribution >= 0.6 is 11.3 Å². The summed E-state index contributed by atoms with van der Waals surface area (Å²) in [5.74, 6) is -0.568. The predicted molar refractivity (Wildman–Crippen MR) is 108 cm³/mol. The first-order valence-corrected chi connectivity index (χ1v) is 11.9. The van der Waals surface area contributed by atoms with Crippen molar-refractivity contribution in [2.75, 3.05) is 13.2 Å². The van der Waals surface area contributed by atoms with Gasteiger partial charge >= 0.3 is 5.97 Å². The van der Waals surface area contributed by atoms with Crippen LogP contribution in [-0.4, -0.2) is 50.6 Å². The Hall–Kier alpha value is -1.74. The molecule has 4 rings (SSSR count). The fourth-order valence-electron chi connectivity index (χ4n) is 4.57. The lowest BCUT2D eigenvalue weighted by atomic mass is 9.86. The van der Waals surface area contributed by atoms with Crippen molar-refractivity contribution in [1.82, 2.24) is 9.62 Å². The van der Waals surface area contributed by atoms with Crippen molar-refractivity contribution in [2.45, 2.75) is 48.0 Å². The van der Waals surface area contributed by atoms with Crippen LogP contribution in [0.1, 0.15) is 31.2 Å². The third kappa shape index (κ3) is 3.50. The molecule has 0 bridgehead atoms. The van der Waals surface area contributed by atoms with E-state index in [1.54, 1.807) is 24.4 Å². The summed E-state index contributed by atoms with van der Waals surface area (Å²) in [6.07, 6.45) is 1.80. The smallest absolute Gasteiger partial charge is 0.324 e. The molecule has 8 heteroatoms. The van der Waals surface area contributed by atoms with E-state index in [1.807, 2.05) is 30.3 Å². The molecule has 0 unspecified atom stereocenters. The number of carbonyl (C=O) groups is 1. The number of rotatable bonds is 6. The molecule has 1 aromatic heterocycles. The summed E-state index contributed by atoms with van der Waals surface area (Å²) in [7, 11) is -3.65. The van der Waals surface area contributed by atoms with Crippen LogP contribution in [0.2, 0.25) is 0 Å². The number of carbonyl (C=O) groups excluding carboxylic acids is 1. The second kappa shape index (κ2) is 7.94. The quantitative estimate of drug-likeness (QED) is 0.727. The molecule has 0 spiro atoms. The summed E-state index contributed by atoms with van der Waals surface area (Å²) in [6, 6.07) is 12.1.